The molecule has 3 fully saturated rings. The molecule has 17 heavy (non-hydrogen) atoms. The number of hydrogen-bond acceptors (Lipinski definition) is 3. The predicted molar refractivity (Wildman–Crippen MR) is 65.1 cm³/mol. The van der Waals surface area contributed by atoms with Crippen LogP contribution in [-0.4, -0.2) is 37.6 Å². The van der Waals surface area contributed by atoms with Gasteiger partial charge in [-0.3, -0.25) is 0 Å². The minimum atomic E-state index is -0.00120. The molecule has 2 saturated carbocycles. The highest BCUT2D eigenvalue weighted by atomic mass is 16.6. The lowest BCUT2D eigenvalue weighted by Gasteiger charge is -2.30. The van der Waals surface area contributed by atoms with Crippen LogP contribution in [-0.2, 0) is 14.2 Å². The summed E-state index contributed by atoms with van der Waals surface area (Å²) in [5.41, 5.74) is -0.00241. The van der Waals surface area contributed by atoms with Crippen LogP contribution in [0.3, 0.4) is 0 Å². The van der Waals surface area contributed by atoms with Gasteiger partial charge in [0, 0.05) is 14.2 Å². The monoisotopic (exact) mass is 240 g/mol. The van der Waals surface area contributed by atoms with E-state index in [4.69, 9.17) is 14.2 Å². The van der Waals surface area contributed by atoms with Gasteiger partial charge in [-0.25, -0.2) is 0 Å². The summed E-state index contributed by atoms with van der Waals surface area (Å²) in [6, 6.07) is 0. The van der Waals surface area contributed by atoms with Crippen molar-refractivity contribution in [2.75, 3.05) is 14.2 Å². The highest BCUT2D eigenvalue weighted by Crippen LogP contribution is 2.53. The maximum atomic E-state index is 6.02. The van der Waals surface area contributed by atoms with Crippen molar-refractivity contribution in [1.82, 2.24) is 0 Å². The van der Waals surface area contributed by atoms with Gasteiger partial charge in [-0.15, -0.1) is 0 Å². The number of methoxy groups -OCH3 is 2. The topological polar surface area (TPSA) is 31.0 Å². The van der Waals surface area contributed by atoms with Crippen molar-refractivity contribution in [3.8, 4) is 0 Å². The predicted octanol–water partition coefficient (Wildman–Crippen LogP) is 2.67. The number of ether oxygens (including phenoxy) is 3. The molecule has 3 nitrogen and oxygen atoms in total. The normalized spacial score (nSPS) is 38.5. The van der Waals surface area contributed by atoms with Crippen LogP contribution in [0.4, 0.5) is 0 Å². The highest BCUT2D eigenvalue weighted by Gasteiger charge is 2.64. The second-order valence-electron chi connectivity index (χ2n) is 5.93. The zero-order chi connectivity index (χ0) is 11.9. The highest BCUT2D eigenvalue weighted by molar-refractivity contribution is 5.13. The number of epoxide rings is 1. The van der Waals surface area contributed by atoms with Crippen molar-refractivity contribution < 1.29 is 14.2 Å². The fourth-order valence-electron chi connectivity index (χ4n) is 4.07. The van der Waals surface area contributed by atoms with Gasteiger partial charge in [0.2, 0.25) is 0 Å². The first-order valence-corrected chi connectivity index (χ1v) is 7.02. The van der Waals surface area contributed by atoms with E-state index in [-0.39, 0.29) is 23.4 Å². The molecule has 0 spiro atoms. The minimum Gasteiger partial charge on any atom is -0.375 e. The van der Waals surface area contributed by atoms with Gasteiger partial charge in [0.15, 0.2) is 0 Å². The summed E-state index contributed by atoms with van der Waals surface area (Å²) in [5, 5.41) is 0. The van der Waals surface area contributed by atoms with E-state index in [0.29, 0.717) is 0 Å². The summed E-state index contributed by atoms with van der Waals surface area (Å²) < 4.78 is 17.7. The molecule has 98 valence electrons. The van der Waals surface area contributed by atoms with Crippen LogP contribution >= 0.6 is 0 Å². The Morgan fingerprint density at radius 2 is 1.12 bits per heavy atom. The van der Waals surface area contributed by atoms with Crippen LogP contribution in [0.5, 0.6) is 0 Å². The molecular weight excluding hydrogens is 216 g/mol. The maximum absolute atomic E-state index is 6.02. The molecule has 0 aromatic rings. The lowest BCUT2D eigenvalue weighted by molar-refractivity contribution is -0.0342. The fraction of sp³-hybridized carbons (Fsp3) is 1.00. The van der Waals surface area contributed by atoms with Crippen molar-refractivity contribution in [3.05, 3.63) is 0 Å². The average Bonchev–Trinajstić information content (AvgIpc) is 2.85. The molecule has 2 atom stereocenters. The second-order valence-corrected chi connectivity index (χ2v) is 5.93. The Labute approximate surface area is 104 Å². The summed E-state index contributed by atoms with van der Waals surface area (Å²) in [6.45, 7) is 0. The summed E-state index contributed by atoms with van der Waals surface area (Å²) >= 11 is 0. The molecule has 2 unspecified atom stereocenters. The van der Waals surface area contributed by atoms with E-state index < -0.39 is 0 Å². The number of hydrogen-bond donors (Lipinski definition) is 0. The van der Waals surface area contributed by atoms with Crippen LogP contribution in [0.2, 0.25) is 0 Å². The van der Waals surface area contributed by atoms with E-state index in [1.54, 1.807) is 0 Å². The molecule has 3 aliphatic rings. The Kier molecular flexibility index (Phi) is 2.96. The van der Waals surface area contributed by atoms with Crippen LogP contribution in [0.1, 0.15) is 51.4 Å². The standard InChI is InChI=1S/C14H24O3/c1-15-13(7-3-4-8-13)11-12(17-11)14(16-2)9-5-6-10-14/h11-12H,3-10H2,1-2H3. The lowest BCUT2D eigenvalue weighted by atomic mass is 9.87. The zero-order valence-corrected chi connectivity index (χ0v) is 11.0. The van der Waals surface area contributed by atoms with Crippen molar-refractivity contribution in [3.63, 3.8) is 0 Å². The Bertz CT molecular complexity index is 249. The third-order valence-electron chi connectivity index (χ3n) is 5.24. The third-order valence-corrected chi connectivity index (χ3v) is 5.24. The lowest BCUT2D eigenvalue weighted by Crippen LogP contribution is -2.42. The molecule has 0 aromatic heterocycles. The van der Waals surface area contributed by atoms with Crippen LogP contribution in [0, 0.1) is 0 Å². The molecular formula is C14H24O3. The van der Waals surface area contributed by atoms with E-state index >= 15 is 0 Å². The van der Waals surface area contributed by atoms with E-state index in [1.165, 1.54) is 25.7 Å². The Hall–Kier alpha value is -0.120. The first kappa shape index (κ1) is 11.9. The van der Waals surface area contributed by atoms with E-state index in [1.807, 2.05) is 14.2 Å². The first-order chi connectivity index (χ1) is 8.26. The smallest absolute Gasteiger partial charge is 0.116 e. The van der Waals surface area contributed by atoms with Crippen LogP contribution < -0.4 is 0 Å². The Balaban J connectivity index is 1.72. The molecule has 1 saturated heterocycles. The van der Waals surface area contributed by atoms with Gasteiger partial charge in [0.25, 0.3) is 0 Å². The van der Waals surface area contributed by atoms with Crippen LogP contribution in [0.25, 0.3) is 0 Å². The van der Waals surface area contributed by atoms with Crippen molar-refractivity contribution in [2.24, 2.45) is 0 Å². The van der Waals surface area contributed by atoms with Crippen LogP contribution in [0.15, 0.2) is 0 Å². The van der Waals surface area contributed by atoms with E-state index in [2.05, 4.69) is 0 Å². The maximum Gasteiger partial charge on any atom is 0.116 e. The van der Waals surface area contributed by atoms with Gasteiger partial charge >= 0.3 is 0 Å². The van der Waals surface area contributed by atoms with Gasteiger partial charge in [-0.05, 0) is 25.7 Å². The fourth-order valence-corrected chi connectivity index (χ4v) is 4.07. The van der Waals surface area contributed by atoms with E-state index in [0.717, 1.165) is 25.7 Å². The summed E-state index contributed by atoms with van der Waals surface area (Å²) in [5.74, 6) is 0. The summed E-state index contributed by atoms with van der Waals surface area (Å²) in [7, 11) is 3.69. The minimum absolute atomic E-state index is 0.00120. The van der Waals surface area contributed by atoms with Gasteiger partial charge in [-0.1, -0.05) is 25.7 Å². The Morgan fingerprint density at radius 3 is 1.41 bits per heavy atom. The molecule has 0 amide bonds. The van der Waals surface area contributed by atoms with Crippen molar-refractivity contribution in [2.45, 2.75) is 74.8 Å². The van der Waals surface area contributed by atoms with Crippen molar-refractivity contribution in [1.29, 1.82) is 0 Å². The molecule has 1 heterocycles. The molecule has 0 radical (unpaired) electrons. The quantitative estimate of drug-likeness (QED) is 0.708. The molecule has 1 aliphatic heterocycles. The molecule has 3 heteroatoms. The van der Waals surface area contributed by atoms with Crippen molar-refractivity contribution >= 4 is 0 Å². The molecule has 0 bridgehead atoms. The molecule has 3 rings (SSSR count). The van der Waals surface area contributed by atoms with E-state index in [9.17, 15) is 0 Å². The summed E-state index contributed by atoms with van der Waals surface area (Å²) in [6.07, 6.45) is 10.3. The average molecular weight is 240 g/mol. The zero-order valence-electron chi connectivity index (χ0n) is 11.0. The SMILES string of the molecule is COC1(C2OC2C2(OC)CCCC2)CCCC1. The first-order valence-electron chi connectivity index (χ1n) is 7.02. The molecule has 0 aromatic carbocycles. The number of rotatable bonds is 4. The second kappa shape index (κ2) is 4.22. The Morgan fingerprint density at radius 1 is 0.765 bits per heavy atom. The summed E-state index contributed by atoms with van der Waals surface area (Å²) in [4.78, 5) is 0. The van der Waals surface area contributed by atoms with Gasteiger partial charge in [0.05, 0.1) is 11.2 Å². The third kappa shape index (κ3) is 1.74. The van der Waals surface area contributed by atoms with Gasteiger partial charge < -0.3 is 14.2 Å². The van der Waals surface area contributed by atoms with Gasteiger partial charge in [-0.2, -0.15) is 0 Å². The largest absolute Gasteiger partial charge is 0.375 e. The molecule has 0 N–H and O–H groups in total. The molecule has 2 aliphatic carbocycles. The van der Waals surface area contributed by atoms with Gasteiger partial charge in [0.1, 0.15) is 12.2 Å².